The molecule has 1 unspecified atom stereocenters. The van der Waals surface area contributed by atoms with Gasteiger partial charge in [0.15, 0.2) is 5.69 Å². The second-order valence-electron chi connectivity index (χ2n) is 5.45. The van der Waals surface area contributed by atoms with Crippen LogP contribution in [0.25, 0.3) is 5.69 Å². The highest BCUT2D eigenvalue weighted by Crippen LogP contribution is 2.34. The van der Waals surface area contributed by atoms with Crippen molar-refractivity contribution in [2.75, 3.05) is 18.2 Å². The molecule has 146 valence electrons. The summed E-state index contributed by atoms with van der Waals surface area (Å²) in [6.07, 6.45) is -2.18. The Kier molecular flexibility index (Phi) is 6.53. The third-order valence-electron chi connectivity index (χ3n) is 3.64. The molecule has 2 aromatic rings. The minimum absolute atomic E-state index is 0.0514. The third kappa shape index (κ3) is 4.82. The highest BCUT2D eigenvalue weighted by atomic mass is 32.2. The molecule has 0 spiro atoms. The van der Waals surface area contributed by atoms with E-state index in [4.69, 9.17) is 0 Å². The van der Waals surface area contributed by atoms with Crippen LogP contribution in [0.2, 0.25) is 0 Å². The van der Waals surface area contributed by atoms with Gasteiger partial charge in [-0.15, -0.1) is 0 Å². The quantitative estimate of drug-likeness (QED) is 0.747. The lowest BCUT2D eigenvalue weighted by Gasteiger charge is -2.13. The van der Waals surface area contributed by atoms with E-state index in [9.17, 15) is 22.8 Å². The fourth-order valence-electron chi connectivity index (χ4n) is 2.21. The van der Waals surface area contributed by atoms with Crippen LogP contribution in [0.3, 0.4) is 0 Å². The number of halogens is 3. The summed E-state index contributed by atoms with van der Waals surface area (Å²) in [7, 11) is 0. The number of amides is 1. The first-order valence-electron chi connectivity index (χ1n) is 7.95. The van der Waals surface area contributed by atoms with Gasteiger partial charge < -0.3 is 10.1 Å². The highest BCUT2D eigenvalue weighted by molar-refractivity contribution is 7.99. The standard InChI is InChI=1S/C17H18F3N3O3S/c1-4-26-16(25)13-9-21-23(14(13)17(18,19)20)12-7-5-11(6-8-12)22-15(24)10(2)27-3/h5-10H,4H2,1-3H3,(H,22,24). The molecule has 1 aromatic carbocycles. The lowest BCUT2D eigenvalue weighted by atomic mass is 10.2. The Bertz CT molecular complexity index is 819. The lowest BCUT2D eigenvalue weighted by molar-refractivity contribution is -0.143. The van der Waals surface area contributed by atoms with Gasteiger partial charge in [-0.3, -0.25) is 4.79 Å². The number of anilines is 1. The molecule has 6 nitrogen and oxygen atoms in total. The average Bonchev–Trinajstić information content (AvgIpc) is 3.07. The molecule has 0 saturated heterocycles. The number of thioether (sulfide) groups is 1. The minimum Gasteiger partial charge on any atom is -0.462 e. The number of esters is 1. The predicted molar refractivity (Wildman–Crippen MR) is 96.1 cm³/mol. The SMILES string of the molecule is CCOC(=O)c1cnn(-c2ccc(NC(=O)C(C)SC)cc2)c1C(F)(F)F. The van der Waals surface area contributed by atoms with Gasteiger partial charge in [0.25, 0.3) is 0 Å². The second kappa shape index (κ2) is 8.47. The number of carbonyl (C=O) groups excluding carboxylic acids is 2. The fourth-order valence-corrected chi connectivity index (χ4v) is 2.49. The molecular formula is C17H18F3N3O3S. The molecule has 0 saturated carbocycles. The third-order valence-corrected chi connectivity index (χ3v) is 4.56. The van der Waals surface area contributed by atoms with Gasteiger partial charge in [-0.25, -0.2) is 9.48 Å². The molecule has 0 radical (unpaired) electrons. The number of aromatic nitrogens is 2. The van der Waals surface area contributed by atoms with Crippen molar-refractivity contribution >= 4 is 29.3 Å². The first kappa shape index (κ1) is 20.8. The van der Waals surface area contributed by atoms with E-state index in [1.807, 2.05) is 0 Å². The normalized spacial score (nSPS) is 12.5. The van der Waals surface area contributed by atoms with Crippen LogP contribution < -0.4 is 5.32 Å². The zero-order chi connectivity index (χ0) is 20.2. The molecule has 0 aliphatic rings. The summed E-state index contributed by atoms with van der Waals surface area (Å²) in [5, 5.41) is 6.10. The average molecular weight is 401 g/mol. The molecule has 27 heavy (non-hydrogen) atoms. The van der Waals surface area contributed by atoms with Crippen molar-refractivity contribution < 1.29 is 27.5 Å². The van der Waals surface area contributed by atoms with E-state index in [1.54, 1.807) is 13.2 Å². The molecule has 1 amide bonds. The molecule has 0 bridgehead atoms. The van der Waals surface area contributed by atoms with E-state index in [1.165, 1.54) is 43.0 Å². The van der Waals surface area contributed by atoms with Crippen LogP contribution in [0.15, 0.2) is 30.5 Å². The Hall–Kier alpha value is -2.49. The summed E-state index contributed by atoms with van der Waals surface area (Å²) >= 11 is 1.37. The van der Waals surface area contributed by atoms with Crippen LogP contribution >= 0.6 is 11.8 Å². The van der Waals surface area contributed by atoms with Gasteiger partial charge in [-0.2, -0.15) is 30.0 Å². The van der Waals surface area contributed by atoms with Gasteiger partial charge in [0.1, 0.15) is 5.56 Å². The topological polar surface area (TPSA) is 73.2 Å². The van der Waals surface area contributed by atoms with Crippen molar-refractivity contribution in [1.82, 2.24) is 9.78 Å². The fraction of sp³-hybridized carbons (Fsp3) is 0.353. The van der Waals surface area contributed by atoms with Crippen molar-refractivity contribution in [3.05, 3.63) is 41.7 Å². The Morgan fingerprint density at radius 1 is 1.30 bits per heavy atom. The van der Waals surface area contributed by atoms with E-state index in [0.717, 1.165) is 6.20 Å². The maximum absolute atomic E-state index is 13.5. The summed E-state index contributed by atoms with van der Waals surface area (Å²) in [6.45, 7) is 3.19. The van der Waals surface area contributed by atoms with Crippen molar-refractivity contribution in [3.8, 4) is 5.69 Å². The number of benzene rings is 1. The molecule has 1 aromatic heterocycles. The zero-order valence-electron chi connectivity index (χ0n) is 14.8. The number of carbonyl (C=O) groups is 2. The lowest BCUT2D eigenvalue weighted by Crippen LogP contribution is -2.22. The molecule has 0 aliphatic carbocycles. The maximum Gasteiger partial charge on any atom is 0.434 e. The van der Waals surface area contributed by atoms with Crippen LogP contribution in [-0.4, -0.2) is 39.8 Å². The van der Waals surface area contributed by atoms with E-state index in [-0.39, 0.29) is 23.5 Å². The number of hydrogen-bond acceptors (Lipinski definition) is 5. The Morgan fingerprint density at radius 3 is 2.44 bits per heavy atom. The summed E-state index contributed by atoms with van der Waals surface area (Å²) in [5.41, 5.74) is -1.34. The zero-order valence-corrected chi connectivity index (χ0v) is 15.6. The molecule has 10 heteroatoms. The van der Waals surface area contributed by atoms with Crippen molar-refractivity contribution in [2.24, 2.45) is 0 Å². The molecule has 1 N–H and O–H groups in total. The van der Waals surface area contributed by atoms with Crippen LogP contribution in [-0.2, 0) is 15.7 Å². The van der Waals surface area contributed by atoms with Crippen LogP contribution in [0.4, 0.5) is 18.9 Å². The van der Waals surface area contributed by atoms with Gasteiger partial charge in [-0.1, -0.05) is 0 Å². The molecule has 1 heterocycles. The van der Waals surface area contributed by atoms with Gasteiger partial charge >= 0.3 is 12.1 Å². The maximum atomic E-state index is 13.5. The van der Waals surface area contributed by atoms with Gasteiger partial charge in [0.05, 0.1) is 23.7 Å². The van der Waals surface area contributed by atoms with Crippen LogP contribution in [0, 0.1) is 0 Å². The number of ether oxygens (including phenoxy) is 1. The smallest absolute Gasteiger partial charge is 0.434 e. The molecule has 2 rings (SSSR count). The van der Waals surface area contributed by atoms with E-state index >= 15 is 0 Å². The Labute approximate surface area is 158 Å². The van der Waals surface area contributed by atoms with Crippen molar-refractivity contribution in [2.45, 2.75) is 25.3 Å². The number of hydrogen-bond donors (Lipinski definition) is 1. The Morgan fingerprint density at radius 2 is 1.93 bits per heavy atom. The number of nitrogens with zero attached hydrogens (tertiary/aromatic N) is 2. The molecule has 0 aliphatic heterocycles. The number of rotatable bonds is 6. The largest absolute Gasteiger partial charge is 0.462 e. The summed E-state index contributed by atoms with van der Waals surface area (Å²) < 4.78 is 45.7. The van der Waals surface area contributed by atoms with Crippen LogP contribution in [0.1, 0.15) is 29.9 Å². The van der Waals surface area contributed by atoms with Gasteiger partial charge in [0, 0.05) is 5.69 Å². The van der Waals surface area contributed by atoms with E-state index in [2.05, 4.69) is 15.2 Å². The van der Waals surface area contributed by atoms with Crippen LogP contribution in [0.5, 0.6) is 0 Å². The predicted octanol–water partition coefficient (Wildman–Crippen LogP) is 3.76. The molecule has 0 fully saturated rings. The van der Waals surface area contributed by atoms with E-state index in [0.29, 0.717) is 10.4 Å². The van der Waals surface area contributed by atoms with Gasteiger partial charge in [-0.05, 0) is 44.4 Å². The molecule has 1 atom stereocenters. The monoisotopic (exact) mass is 401 g/mol. The first-order valence-corrected chi connectivity index (χ1v) is 9.24. The second-order valence-corrected chi connectivity index (χ2v) is 6.63. The summed E-state index contributed by atoms with van der Waals surface area (Å²) in [6, 6.07) is 5.67. The summed E-state index contributed by atoms with van der Waals surface area (Å²) in [5.74, 6) is -1.30. The summed E-state index contributed by atoms with van der Waals surface area (Å²) in [4.78, 5) is 23.7. The number of nitrogens with one attached hydrogen (secondary N) is 1. The van der Waals surface area contributed by atoms with Gasteiger partial charge in [0.2, 0.25) is 5.91 Å². The minimum atomic E-state index is -4.81. The highest BCUT2D eigenvalue weighted by Gasteiger charge is 2.41. The molecular weight excluding hydrogens is 383 g/mol. The Balaban J connectivity index is 2.35. The van der Waals surface area contributed by atoms with Crippen molar-refractivity contribution in [3.63, 3.8) is 0 Å². The number of alkyl halides is 3. The van der Waals surface area contributed by atoms with E-state index < -0.39 is 23.4 Å². The first-order chi connectivity index (χ1) is 12.7. The van der Waals surface area contributed by atoms with Crippen molar-refractivity contribution in [1.29, 1.82) is 0 Å².